The Bertz CT molecular complexity index is 1410. The highest BCUT2D eigenvalue weighted by Gasteiger charge is 2.34. The molecule has 0 spiro atoms. The van der Waals surface area contributed by atoms with Gasteiger partial charge in [-0.2, -0.15) is 0 Å². The minimum atomic E-state index is -4.11. The lowest BCUT2D eigenvalue weighted by molar-refractivity contribution is -0.140. The van der Waals surface area contributed by atoms with E-state index in [4.69, 9.17) is 11.6 Å². The second-order valence-electron chi connectivity index (χ2n) is 9.58. The van der Waals surface area contributed by atoms with Crippen LogP contribution >= 0.6 is 11.6 Å². The highest BCUT2D eigenvalue weighted by atomic mass is 35.5. The molecule has 3 aromatic carbocycles. The molecule has 0 radical (unpaired) electrons. The van der Waals surface area contributed by atoms with Gasteiger partial charge in [-0.05, 0) is 81.1 Å². The van der Waals surface area contributed by atoms with Gasteiger partial charge in [-0.3, -0.25) is 13.9 Å². The molecular formula is C30H36ClN3O4S. The van der Waals surface area contributed by atoms with Crippen LogP contribution in [0.1, 0.15) is 42.5 Å². The van der Waals surface area contributed by atoms with E-state index in [0.717, 1.165) is 21.0 Å². The van der Waals surface area contributed by atoms with Crippen molar-refractivity contribution in [1.82, 2.24) is 10.2 Å². The average Bonchev–Trinajstić information content (AvgIpc) is 2.90. The van der Waals surface area contributed by atoms with E-state index in [2.05, 4.69) is 5.32 Å². The van der Waals surface area contributed by atoms with Crippen molar-refractivity contribution in [3.63, 3.8) is 0 Å². The number of hydrogen-bond donors (Lipinski definition) is 1. The normalized spacial score (nSPS) is 12.1. The summed E-state index contributed by atoms with van der Waals surface area (Å²) in [6.07, 6.45) is 0.360. The monoisotopic (exact) mass is 569 g/mol. The van der Waals surface area contributed by atoms with E-state index in [1.807, 2.05) is 46.8 Å². The first-order valence-electron chi connectivity index (χ1n) is 13.0. The Morgan fingerprint density at radius 3 is 2.10 bits per heavy atom. The van der Waals surface area contributed by atoms with E-state index in [-0.39, 0.29) is 17.3 Å². The van der Waals surface area contributed by atoms with Crippen molar-refractivity contribution in [1.29, 1.82) is 0 Å². The second-order valence-corrected chi connectivity index (χ2v) is 11.9. The van der Waals surface area contributed by atoms with E-state index in [1.54, 1.807) is 54.6 Å². The molecule has 0 aromatic heterocycles. The Hall–Kier alpha value is -3.36. The number of sulfonamides is 1. The third-order valence-electron chi connectivity index (χ3n) is 6.52. The van der Waals surface area contributed by atoms with Crippen molar-refractivity contribution in [2.45, 2.75) is 58.5 Å². The molecule has 3 aromatic rings. The van der Waals surface area contributed by atoms with E-state index in [0.29, 0.717) is 29.2 Å². The van der Waals surface area contributed by atoms with Gasteiger partial charge < -0.3 is 10.2 Å². The first-order chi connectivity index (χ1) is 18.5. The lowest BCUT2D eigenvalue weighted by Crippen LogP contribution is -2.52. The summed E-state index contributed by atoms with van der Waals surface area (Å²) < 4.78 is 29.2. The quantitative estimate of drug-likeness (QED) is 0.335. The number of halogens is 1. The van der Waals surface area contributed by atoms with E-state index in [1.165, 1.54) is 4.90 Å². The fourth-order valence-corrected chi connectivity index (χ4v) is 5.93. The van der Waals surface area contributed by atoms with Crippen molar-refractivity contribution >= 4 is 39.1 Å². The molecule has 2 amide bonds. The summed E-state index contributed by atoms with van der Waals surface area (Å²) in [5.74, 6) is -0.776. The average molecular weight is 570 g/mol. The SMILES string of the molecule is CCNC(=O)[C@@H](CC)N(Cc1ccc(Cl)cc1)C(=O)CN(c1cc(C)ccc1C)S(=O)(=O)c1ccc(C)cc1. The molecule has 7 nitrogen and oxygen atoms in total. The van der Waals surface area contributed by atoms with Gasteiger partial charge in [0.25, 0.3) is 10.0 Å². The molecule has 3 rings (SSSR count). The predicted octanol–water partition coefficient (Wildman–Crippen LogP) is 5.40. The zero-order valence-electron chi connectivity index (χ0n) is 23.1. The smallest absolute Gasteiger partial charge is 0.264 e. The Labute approximate surface area is 236 Å². The van der Waals surface area contributed by atoms with Crippen molar-refractivity contribution in [3.8, 4) is 0 Å². The summed E-state index contributed by atoms with van der Waals surface area (Å²) in [4.78, 5) is 28.6. The Morgan fingerprint density at radius 2 is 1.51 bits per heavy atom. The zero-order chi connectivity index (χ0) is 28.7. The number of carbonyl (C=O) groups is 2. The van der Waals surface area contributed by atoms with Crippen LogP contribution in [0.3, 0.4) is 0 Å². The minimum Gasteiger partial charge on any atom is -0.355 e. The fraction of sp³-hybridized carbons (Fsp3) is 0.333. The summed E-state index contributed by atoms with van der Waals surface area (Å²) in [6.45, 7) is 9.27. The molecule has 39 heavy (non-hydrogen) atoms. The molecule has 0 aliphatic carbocycles. The summed E-state index contributed by atoms with van der Waals surface area (Å²) in [6, 6.07) is 18.3. The van der Waals surface area contributed by atoms with Gasteiger partial charge in [0.1, 0.15) is 12.6 Å². The van der Waals surface area contributed by atoms with Gasteiger partial charge in [-0.15, -0.1) is 0 Å². The molecule has 0 unspecified atom stereocenters. The lowest BCUT2D eigenvalue weighted by atomic mass is 10.1. The molecule has 0 aliphatic heterocycles. The van der Waals surface area contributed by atoms with Gasteiger partial charge in [-0.25, -0.2) is 8.42 Å². The Morgan fingerprint density at radius 1 is 0.897 bits per heavy atom. The lowest BCUT2D eigenvalue weighted by Gasteiger charge is -2.33. The standard InChI is InChI=1S/C30H36ClN3O4S/c1-6-27(30(36)32-7-2)33(19-24-12-14-25(31)15-13-24)29(35)20-34(28-18-22(4)8-11-23(28)5)39(37,38)26-16-9-21(3)10-17-26/h8-18,27H,6-7,19-20H2,1-5H3,(H,32,36)/t27-/m1/s1. The highest BCUT2D eigenvalue weighted by molar-refractivity contribution is 7.92. The third-order valence-corrected chi connectivity index (χ3v) is 8.55. The van der Waals surface area contributed by atoms with Gasteiger partial charge >= 0.3 is 0 Å². The van der Waals surface area contributed by atoms with Crippen LogP contribution in [-0.2, 0) is 26.2 Å². The van der Waals surface area contributed by atoms with Gasteiger partial charge in [0.15, 0.2) is 0 Å². The molecule has 208 valence electrons. The van der Waals surface area contributed by atoms with Crippen LogP contribution in [-0.4, -0.2) is 44.3 Å². The summed E-state index contributed by atoms with van der Waals surface area (Å²) >= 11 is 6.06. The van der Waals surface area contributed by atoms with Gasteiger partial charge in [0.2, 0.25) is 11.8 Å². The first kappa shape index (κ1) is 30.2. The minimum absolute atomic E-state index is 0.0850. The summed E-state index contributed by atoms with van der Waals surface area (Å²) in [7, 11) is -4.11. The number of nitrogens with one attached hydrogen (secondary N) is 1. The molecule has 0 aliphatic rings. The number of rotatable bonds is 11. The molecule has 1 atom stereocenters. The maximum absolute atomic E-state index is 14.0. The van der Waals surface area contributed by atoms with Gasteiger partial charge in [-0.1, -0.05) is 60.5 Å². The molecule has 0 saturated heterocycles. The number of hydrogen-bond acceptors (Lipinski definition) is 4. The summed E-state index contributed by atoms with van der Waals surface area (Å²) in [5, 5.41) is 3.36. The van der Waals surface area contributed by atoms with Crippen molar-refractivity contribution < 1.29 is 18.0 Å². The van der Waals surface area contributed by atoms with Gasteiger partial charge in [0, 0.05) is 18.1 Å². The number of aryl methyl sites for hydroxylation is 3. The predicted molar refractivity (Wildman–Crippen MR) is 156 cm³/mol. The number of benzene rings is 3. The first-order valence-corrected chi connectivity index (χ1v) is 14.8. The molecular weight excluding hydrogens is 534 g/mol. The summed E-state index contributed by atoms with van der Waals surface area (Å²) in [5.41, 5.74) is 3.69. The number of nitrogens with zero attached hydrogens (tertiary/aromatic N) is 2. The van der Waals surface area contributed by atoms with Crippen molar-refractivity contribution in [3.05, 3.63) is 94.0 Å². The van der Waals surface area contributed by atoms with E-state index in [9.17, 15) is 18.0 Å². The van der Waals surface area contributed by atoms with Crippen LogP contribution in [0, 0.1) is 20.8 Å². The number of likely N-dealkylation sites (N-methyl/N-ethyl adjacent to an activating group) is 1. The van der Waals surface area contributed by atoms with Crippen LogP contribution in [0.2, 0.25) is 5.02 Å². The van der Waals surface area contributed by atoms with Crippen LogP contribution in [0.25, 0.3) is 0 Å². The highest BCUT2D eigenvalue weighted by Crippen LogP contribution is 2.29. The Kier molecular flexibility index (Phi) is 10.2. The molecule has 0 saturated carbocycles. The second kappa shape index (κ2) is 13.1. The van der Waals surface area contributed by atoms with E-state index < -0.39 is 28.5 Å². The van der Waals surface area contributed by atoms with E-state index >= 15 is 0 Å². The molecule has 0 bridgehead atoms. The maximum atomic E-state index is 14.0. The van der Waals surface area contributed by atoms with Crippen molar-refractivity contribution in [2.75, 3.05) is 17.4 Å². The largest absolute Gasteiger partial charge is 0.355 e. The molecule has 1 N–H and O–H groups in total. The molecule has 0 fully saturated rings. The maximum Gasteiger partial charge on any atom is 0.264 e. The zero-order valence-corrected chi connectivity index (χ0v) is 24.6. The fourth-order valence-electron chi connectivity index (χ4n) is 4.34. The Balaban J connectivity index is 2.10. The van der Waals surface area contributed by atoms with Crippen molar-refractivity contribution in [2.24, 2.45) is 0 Å². The molecule has 9 heteroatoms. The number of anilines is 1. The van der Waals surface area contributed by atoms with Crippen LogP contribution in [0.15, 0.2) is 71.6 Å². The topological polar surface area (TPSA) is 86.8 Å². The van der Waals surface area contributed by atoms with Crippen LogP contribution in [0.5, 0.6) is 0 Å². The van der Waals surface area contributed by atoms with Crippen LogP contribution < -0.4 is 9.62 Å². The van der Waals surface area contributed by atoms with Crippen LogP contribution in [0.4, 0.5) is 5.69 Å². The number of amides is 2. The van der Waals surface area contributed by atoms with Gasteiger partial charge in [0.05, 0.1) is 10.6 Å². The number of carbonyl (C=O) groups excluding carboxylic acids is 2. The molecule has 0 heterocycles. The third kappa shape index (κ3) is 7.40.